The maximum absolute atomic E-state index is 11.6. The number of benzene rings is 1. The fourth-order valence-electron chi connectivity index (χ4n) is 2.87. The van der Waals surface area contributed by atoms with Gasteiger partial charge in [-0.3, -0.25) is 10.1 Å². The molecule has 0 aliphatic heterocycles. The maximum atomic E-state index is 11.6. The average molecular weight is 345 g/mol. The molecule has 2 aromatic rings. The lowest BCUT2D eigenvalue weighted by atomic mass is 10.1. The van der Waals surface area contributed by atoms with Gasteiger partial charge in [0.25, 0.3) is 5.91 Å². The topological polar surface area (TPSA) is 107 Å². The highest BCUT2D eigenvalue weighted by molar-refractivity contribution is 7.20. The minimum Gasteiger partial charge on any atom is -0.490 e. The van der Waals surface area contributed by atoms with Crippen LogP contribution >= 0.6 is 11.3 Å². The van der Waals surface area contributed by atoms with Gasteiger partial charge in [0.15, 0.2) is 0 Å². The predicted octanol–water partition coefficient (Wildman–Crippen LogP) is 3.33. The van der Waals surface area contributed by atoms with E-state index in [-0.39, 0.29) is 11.7 Å². The number of urea groups is 1. The molecule has 1 fully saturated rings. The van der Waals surface area contributed by atoms with Gasteiger partial charge in [-0.1, -0.05) is 12.1 Å². The van der Waals surface area contributed by atoms with Crippen LogP contribution in [0, 0.1) is 0 Å². The van der Waals surface area contributed by atoms with E-state index in [0.717, 1.165) is 29.0 Å². The molecule has 3 amide bonds. The van der Waals surface area contributed by atoms with E-state index in [4.69, 9.17) is 16.2 Å². The highest BCUT2D eigenvalue weighted by Gasteiger charge is 2.21. The number of carbonyl (C=O) groups excluding carboxylic acids is 2. The third kappa shape index (κ3) is 3.51. The summed E-state index contributed by atoms with van der Waals surface area (Å²) in [5, 5.41) is 2.80. The van der Waals surface area contributed by atoms with Gasteiger partial charge in [0.1, 0.15) is 10.8 Å². The minimum absolute atomic E-state index is 0.227. The van der Waals surface area contributed by atoms with Crippen LogP contribution in [0.15, 0.2) is 30.3 Å². The van der Waals surface area contributed by atoms with Crippen molar-refractivity contribution in [1.29, 1.82) is 0 Å². The SMILES string of the molecule is NC(=O)Nc1sc(-c2ccccc2OC2CCCC2)cc1C(N)=O. The first-order valence-electron chi connectivity index (χ1n) is 7.80. The van der Waals surface area contributed by atoms with Gasteiger partial charge >= 0.3 is 6.03 Å². The fourth-order valence-corrected chi connectivity index (χ4v) is 3.97. The summed E-state index contributed by atoms with van der Waals surface area (Å²) in [6, 6.07) is 8.59. The molecule has 3 rings (SSSR count). The van der Waals surface area contributed by atoms with Crippen LogP contribution in [0.1, 0.15) is 36.0 Å². The Morgan fingerprint density at radius 2 is 1.88 bits per heavy atom. The van der Waals surface area contributed by atoms with E-state index in [9.17, 15) is 9.59 Å². The van der Waals surface area contributed by atoms with Crippen molar-refractivity contribution in [3.8, 4) is 16.2 Å². The van der Waals surface area contributed by atoms with E-state index in [1.807, 2.05) is 24.3 Å². The standard InChI is InChI=1S/C17H19N3O3S/c18-15(21)12-9-14(24-16(12)20-17(19)22)11-7-3-4-8-13(11)23-10-5-1-2-6-10/h3-4,7-10H,1-2,5-6H2,(H2,18,21)(H3,19,20,22). The second kappa shape index (κ2) is 6.92. The molecule has 5 N–H and O–H groups in total. The molecule has 126 valence electrons. The van der Waals surface area contributed by atoms with Crippen LogP contribution < -0.4 is 21.5 Å². The van der Waals surface area contributed by atoms with Crippen LogP contribution in [-0.4, -0.2) is 18.0 Å². The summed E-state index contributed by atoms with van der Waals surface area (Å²) in [5.41, 5.74) is 11.7. The van der Waals surface area contributed by atoms with Crippen molar-refractivity contribution in [1.82, 2.24) is 0 Å². The van der Waals surface area contributed by atoms with Crippen molar-refractivity contribution < 1.29 is 14.3 Å². The molecular formula is C17H19N3O3S. The molecule has 1 heterocycles. The number of ether oxygens (including phenoxy) is 1. The first kappa shape index (κ1) is 16.3. The number of nitrogens with one attached hydrogen (secondary N) is 1. The van der Waals surface area contributed by atoms with E-state index in [0.29, 0.717) is 5.00 Å². The average Bonchev–Trinajstić information content (AvgIpc) is 3.17. The smallest absolute Gasteiger partial charge is 0.317 e. The molecule has 24 heavy (non-hydrogen) atoms. The van der Waals surface area contributed by atoms with Gasteiger partial charge in [0.2, 0.25) is 0 Å². The lowest BCUT2D eigenvalue weighted by molar-refractivity contribution is 0.100. The van der Waals surface area contributed by atoms with Crippen molar-refractivity contribution in [2.45, 2.75) is 31.8 Å². The predicted molar refractivity (Wildman–Crippen MR) is 94.4 cm³/mol. The fraction of sp³-hybridized carbons (Fsp3) is 0.294. The number of anilines is 1. The Hall–Kier alpha value is -2.54. The summed E-state index contributed by atoms with van der Waals surface area (Å²) >= 11 is 1.25. The number of thiophene rings is 1. The van der Waals surface area contributed by atoms with Gasteiger partial charge in [-0.2, -0.15) is 0 Å². The van der Waals surface area contributed by atoms with Crippen molar-refractivity contribution in [3.05, 3.63) is 35.9 Å². The van der Waals surface area contributed by atoms with Crippen LogP contribution in [0.25, 0.3) is 10.4 Å². The Morgan fingerprint density at radius 1 is 1.17 bits per heavy atom. The van der Waals surface area contributed by atoms with Crippen LogP contribution in [0.4, 0.5) is 9.80 Å². The molecule has 0 radical (unpaired) electrons. The maximum Gasteiger partial charge on any atom is 0.317 e. The molecule has 1 aromatic carbocycles. The Kier molecular flexibility index (Phi) is 4.71. The van der Waals surface area contributed by atoms with Gasteiger partial charge in [0, 0.05) is 10.4 Å². The Labute approximate surface area is 143 Å². The molecule has 0 unspecified atom stereocenters. The van der Waals surface area contributed by atoms with E-state index < -0.39 is 11.9 Å². The molecule has 1 aromatic heterocycles. The Balaban J connectivity index is 1.96. The third-order valence-electron chi connectivity index (χ3n) is 3.98. The first-order valence-corrected chi connectivity index (χ1v) is 8.62. The van der Waals surface area contributed by atoms with Gasteiger partial charge < -0.3 is 16.2 Å². The summed E-state index contributed by atoms with van der Waals surface area (Å²) in [4.78, 5) is 23.5. The van der Waals surface area contributed by atoms with Crippen molar-refractivity contribution >= 4 is 28.3 Å². The second-order valence-electron chi connectivity index (χ2n) is 5.73. The van der Waals surface area contributed by atoms with Crippen LogP contribution in [-0.2, 0) is 0 Å². The highest BCUT2D eigenvalue weighted by atomic mass is 32.1. The summed E-state index contributed by atoms with van der Waals surface area (Å²) < 4.78 is 6.13. The number of primary amides is 2. The largest absolute Gasteiger partial charge is 0.490 e. The van der Waals surface area contributed by atoms with Gasteiger partial charge in [0.05, 0.1) is 11.7 Å². The molecular weight excluding hydrogens is 326 g/mol. The quantitative estimate of drug-likeness (QED) is 0.773. The van der Waals surface area contributed by atoms with Crippen LogP contribution in [0.2, 0.25) is 0 Å². The number of hydrogen-bond donors (Lipinski definition) is 3. The number of amides is 3. The second-order valence-corrected chi connectivity index (χ2v) is 6.78. The molecule has 0 spiro atoms. The van der Waals surface area contributed by atoms with Crippen molar-refractivity contribution in [2.24, 2.45) is 11.5 Å². The Bertz CT molecular complexity index is 766. The summed E-state index contributed by atoms with van der Waals surface area (Å²) in [6.07, 6.45) is 4.71. The van der Waals surface area contributed by atoms with Crippen LogP contribution in [0.5, 0.6) is 5.75 Å². The monoisotopic (exact) mass is 345 g/mol. The number of nitrogens with two attached hydrogens (primary N) is 2. The molecule has 0 bridgehead atoms. The van der Waals surface area contributed by atoms with E-state index >= 15 is 0 Å². The molecule has 1 aliphatic carbocycles. The molecule has 0 atom stereocenters. The zero-order chi connectivity index (χ0) is 17.1. The van der Waals surface area contributed by atoms with Crippen molar-refractivity contribution in [3.63, 3.8) is 0 Å². The summed E-state index contributed by atoms with van der Waals surface area (Å²) in [7, 11) is 0. The third-order valence-corrected chi connectivity index (χ3v) is 5.07. The van der Waals surface area contributed by atoms with Gasteiger partial charge in [-0.15, -0.1) is 11.3 Å². The molecule has 1 saturated carbocycles. The molecule has 0 saturated heterocycles. The number of rotatable bonds is 5. The summed E-state index contributed by atoms with van der Waals surface area (Å²) in [6.45, 7) is 0. The minimum atomic E-state index is -0.735. The van der Waals surface area contributed by atoms with E-state index in [2.05, 4.69) is 5.32 Å². The summed E-state index contributed by atoms with van der Waals surface area (Å²) in [5.74, 6) is 0.155. The zero-order valence-corrected chi connectivity index (χ0v) is 13.9. The molecule has 1 aliphatic rings. The van der Waals surface area contributed by atoms with Crippen LogP contribution in [0.3, 0.4) is 0 Å². The zero-order valence-electron chi connectivity index (χ0n) is 13.1. The van der Waals surface area contributed by atoms with E-state index in [1.54, 1.807) is 6.07 Å². The normalized spacial score (nSPS) is 14.5. The lowest BCUT2D eigenvalue weighted by Crippen LogP contribution is -2.21. The number of carbonyl (C=O) groups is 2. The number of para-hydroxylation sites is 1. The van der Waals surface area contributed by atoms with Gasteiger partial charge in [-0.05, 0) is 43.9 Å². The van der Waals surface area contributed by atoms with E-state index in [1.165, 1.54) is 24.2 Å². The van der Waals surface area contributed by atoms with Crippen molar-refractivity contribution in [2.75, 3.05) is 5.32 Å². The molecule has 6 nitrogen and oxygen atoms in total. The number of hydrogen-bond acceptors (Lipinski definition) is 4. The Morgan fingerprint density at radius 3 is 2.54 bits per heavy atom. The van der Waals surface area contributed by atoms with Gasteiger partial charge in [-0.25, -0.2) is 4.79 Å². The lowest BCUT2D eigenvalue weighted by Gasteiger charge is -2.15. The molecule has 7 heteroatoms. The first-order chi connectivity index (χ1) is 11.5. The highest BCUT2D eigenvalue weighted by Crippen LogP contribution is 2.40.